The number of nitrogens with one attached hydrogen (secondary N) is 1. The molecule has 0 radical (unpaired) electrons. The molecule has 1 N–H and O–H groups in total. The van der Waals surface area contributed by atoms with Crippen molar-refractivity contribution in [2.24, 2.45) is 0 Å². The van der Waals surface area contributed by atoms with Crippen LogP contribution in [0.5, 0.6) is 0 Å². The molecule has 152 valence electrons. The Labute approximate surface area is 177 Å². The van der Waals surface area contributed by atoms with Crippen LogP contribution < -0.4 is 10.9 Å². The molecule has 7 nitrogen and oxygen atoms in total. The summed E-state index contributed by atoms with van der Waals surface area (Å²) in [7, 11) is 1.60. The van der Waals surface area contributed by atoms with Crippen molar-refractivity contribution < 1.29 is 9.53 Å². The van der Waals surface area contributed by atoms with Gasteiger partial charge in [0.2, 0.25) is 0 Å². The summed E-state index contributed by atoms with van der Waals surface area (Å²) >= 11 is 5.92. The van der Waals surface area contributed by atoms with Gasteiger partial charge in [0, 0.05) is 36.8 Å². The monoisotopic (exact) mass is 422 g/mol. The number of para-hydroxylation sites is 1. The third-order valence-electron chi connectivity index (χ3n) is 4.62. The van der Waals surface area contributed by atoms with Crippen LogP contribution in [0.15, 0.2) is 71.8 Å². The summed E-state index contributed by atoms with van der Waals surface area (Å²) in [6.07, 6.45) is 3.37. The molecule has 1 amide bonds. The summed E-state index contributed by atoms with van der Waals surface area (Å²) in [5.74, 6) is -0.369. The van der Waals surface area contributed by atoms with Crippen molar-refractivity contribution in [3.63, 3.8) is 0 Å². The van der Waals surface area contributed by atoms with Crippen molar-refractivity contribution in [1.82, 2.24) is 14.3 Å². The molecule has 0 bridgehead atoms. The molecule has 0 atom stereocenters. The minimum atomic E-state index is -0.369. The van der Waals surface area contributed by atoms with Gasteiger partial charge in [0.15, 0.2) is 0 Å². The smallest absolute Gasteiger partial charge is 0.282 e. The SMILES string of the molecule is COCCn1cc(C(=O)Nc2ccc(Cl)cc2)c2nn(-c3ccccc3)c(=O)c-2c1. The van der Waals surface area contributed by atoms with E-state index >= 15 is 0 Å². The Bertz CT molecular complexity index is 1200. The van der Waals surface area contributed by atoms with Crippen LogP contribution in [0.3, 0.4) is 0 Å². The lowest BCUT2D eigenvalue weighted by Crippen LogP contribution is -2.18. The van der Waals surface area contributed by atoms with Gasteiger partial charge < -0.3 is 14.6 Å². The Morgan fingerprint density at radius 1 is 1.10 bits per heavy atom. The van der Waals surface area contributed by atoms with Gasteiger partial charge in [-0.3, -0.25) is 9.59 Å². The van der Waals surface area contributed by atoms with Crippen molar-refractivity contribution in [2.75, 3.05) is 19.0 Å². The van der Waals surface area contributed by atoms with Gasteiger partial charge in [-0.1, -0.05) is 29.8 Å². The zero-order valence-corrected chi connectivity index (χ0v) is 17.0. The molecular formula is C22H19ClN4O3. The van der Waals surface area contributed by atoms with Gasteiger partial charge in [0.05, 0.1) is 23.4 Å². The molecule has 2 aromatic carbocycles. The van der Waals surface area contributed by atoms with E-state index in [9.17, 15) is 9.59 Å². The fraction of sp³-hybridized carbons (Fsp3) is 0.136. The number of amides is 1. The van der Waals surface area contributed by atoms with Gasteiger partial charge >= 0.3 is 0 Å². The topological polar surface area (TPSA) is 78.2 Å². The number of carbonyl (C=O) groups is 1. The molecule has 0 fully saturated rings. The number of fused-ring (bicyclic) bond motifs is 1. The Balaban J connectivity index is 1.80. The third-order valence-corrected chi connectivity index (χ3v) is 4.88. The van der Waals surface area contributed by atoms with E-state index in [1.807, 2.05) is 18.2 Å². The van der Waals surface area contributed by atoms with Crippen molar-refractivity contribution in [1.29, 1.82) is 0 Å². The molecule has 4 rings (SSSR count). The summed E-state index contributed by atoms with van der Waals surface area (Å²) in [5, 5.41) is 7.87. The summed E-state index contributed by atoms with van der Waals surface area (Å²) < 4.78 is 8.21. The second kappa shape index (κ2) is 8.52. The molecule has 2 heterocycles. The number of hydrogen-bond donors (Lipinski definition) is 1. The van der Waals surface area contributed by atoms with Crippen LogP contribution in [0, 0.1) is 0 Å². The molecule has 0 saturated heterocycles. The number of ether oxygens (including phenoxy) is 1. The molecule has 30 heavy (non-hydrogen) atoms. The number of anilines is 1. The van der Waals surface area contributed by atoms with Gasteiger partial charge in [0.1, 0.15) is 5.69 Å². The van der Waals surface area contributed by atoms with Gasteiger partial charge in [0.25, 0.3) is 11.5 Å². The van der Waals surface area contributed by atoms with Crippen molar-refractivity contribution in [3.05, 3.63) is 87.9 Å². The van der Waals surface area contributed by atoms with Crippen molar-refractivity contribution >= 4 is 23.2 Å². The van der Waals surface area contributed by atoms with E-state index in [-0.39, 0.29) is 11.5 Å². The summed E-state index contributed by atoms with van der Waals surface area (Å²) in [5.41, 5.74) is 1.93. The number of rotatable bonds is 6. The number of aromatic nitrogens is 3. The number of halogens is 1. The first-order valence-electron chi connectivity index (χ1n) is 9.31. The first kappa shape index (κ1) is 19.9. The summed E-state index contributed by atoms with van der Waals surface area (Å²) in [6, 6.07) is 15.9. The lowest BCUT2D eigenvalue weighted by molar-refractivity contribution is 0.102. The second-order valence-electron chi connectivity index (χ2n) is 6.68. The lowest BCUT2D eigenvalue weighted by Gasteiger charge is -2.12. The van der Waals surface area contributed by atoms with E-state index in [1.54, 1.807) is 60.5 Å². The largest absolute Gasteiger partial charge is 0.383 e. The van der Waals surface area contributed by atoms with E-state index in [0.717, 1.165) is 0 Å². The highest BCUT2D eigenvalue weighted by Gasteiger charge is 2.24. The maximum Gasteiger partial charge on any atom is 0.282 e. The normalized spacial score (nSPS) is 11.0. The van der Waals surface area contributed by atoms with E-state index < -0.39 is 0 Å². The maximum absolute atomic E-state index is 13.1. The van der Waals surface area contributed by atoms with E-state index in [1.165, 1.54) is 4.68 Å². The zero-order valence-electron chi connectivity index (χ0n) is 16.2. The number of hydrogen-bond acceptors (Lipinski definition) is 4. The molecule has 2 aromatic rings. The van der Waals surface area contributed by atoms with Gasteiger partial charge in [-0.25, -0.2) is 0 Å². The fourth-order valence-electron chi connectivity index (χ4n) is 3.13. The fourth-order valence-corrected chi connectivity index (χ4v) is 3.25. The number of nitrogens with zero attached hydrogens (tertiary/aromatic N) is 3. The first-order chi connectivity index (χ1) is 14.6. The maximum atomic E-state index is 13.1. The van der Waals surface area contributed by atoms with Gasteiger partial charge in [-0.05, 0) is 36.4 Å². The summed E-state index contributed by atoms with van der Waals surface area (Å²) in [4.78, 5) is 26.1. The average molecular weight is 423 g/mol. The predicted octanol–water partition coefficient (Wildman–Crippen LogP) is 3.69. The number of pyridine rings is 1. The van der Waals surface area contributed by atoms with Crippen LogP contribution in [0.4, 0.5) is 5.69 Å². The van der Waals surface area contributed by atoms with E-state index in [0.29, 0.717) is 46.4 Å². The van der Waals surface area contributed by atoms with Gasteiger partial charge in [-0.2, -0.15) is 9.78 Å². The highest BCUT2D eigenvalue weighted by Crippen LogP contribution is 2.24. The Morgan fingerprint density at radius 3 is 2.53 bits per heavy atom. The highest BCUT2D eigenvalue weighted by atomic mass is 35.5. The number of methoxy groups -OCH3 is 1. The van der Waals surface area contributed by atoms with Crippen LogP contribution in [-0.4, -0.2) is 34.0 Å². The van der Waals surface area contributed by atoms with Crippen LogP contribution in [-0.2, 0) is 11.3 Å². The Morgan fingerprint density at radius 2 is 1.83 bits per heavy atom. The zero-order chi connectivity index (χ0) is 21.1. The van der Waals surface area contributed by atoms with Gasteiger partial charge in [-0.15, -0.1) is 0 Å². The summed E-state index contributed by atoms with van der Waals surface area (Å²) in [6.45, 7) is 0.930. The molecule has 0 aromatic heterocycles. The minimum Gasteiger partial charge on any atom is -0.383 e. The third kappa shape index (κ3) is 3.98. The molecular weight excluding hydrogens is 404 g/mol. The molecule has 8 heteroatoms. The molecule has 0 aliphatic carbocycles. The van der Waals surface area contributed by atoms with Crippen molar-refractivity contribution in [3.8, 4) is 16.9 Å². The molecule has 0 unspecified atom stereocenters. The Kier molecular flexibility index (Phi) is 5.65. The average Bonchev–Trinajstić information content (AvgIpc) is 3.10. The van der Waals surface area contributed by atoms with Crippen LogP contribution in [0.1, 0.15) is 10.4 Å². The highest BCUT2D eigenvalue weighted by molar-refractivity contribution is 6.30. The standard InChI is InChI=1S/C22H19ClN4O3/c1-30-12-11-26-13-18(21(28)24-16-9-7-15(23)8-10-16)20-19(14-26)22(29)27(25-20)17-5-3-2-4-6-17/h2-10,13-14H,11-12H2,1H3,(H,24,28). The predicted molar refractivity (Wildman–Crippen MR) is 116 cm³/mol. The molecule has 0 spiro atoms. The first-order valence-corrected chi connectivity index (χ1v) is 9.68. The van der Waals surface area contributed by atoms with Crippen molar-refractivity contribution in [2.45, 2.75) is 6.54 Å². The van der Waals surface area contributed by atoms with E-state index in [2.05, 4.69) is 10.4 Å². The van der Waals surface area contributed by atoms with Crippen LogP contribution in [0.25, 0.3) is 16.9 Å². The van der Waals surface area contributed by atoms with Crippen LogP contribution in [0.2, 0.25) is 5.02 Å². The lowest BCUT2D eigenvalue weighted by atomic mass is 10.1. The minimum absolute atomic E-state index is 0.288. The molecule has 2 aliphatic heterocycles. The second-order valence-corrected chi connectivity index (χ2v) is 7.11. The Hall–Kier alpha value is -3.42. The number of carbonyl (C=O) groups excluding carboxylic acids is 1. The van der Waals surface area contributed by atoms with Crippen LogP contribution >= 0.6 is 11.6 Å². The quantitative estimate of drug-likeness (QED) is 0.514. The van der Waals surface area contributed by atoms with E-state index in [4.69, 9.17) is 16.3 Å². The number of benzene rings is 2. The molecule has 0 saturated carbocycles. The molecule has 2 aliphatic rings.